The molecule has 0 unspecified atom stereocenters. The SMILES string of the molecule is COc1ccc2c(c1)OC(C)(C)C[C@@H]2NC(=O)[C@@H](C)Oc1ccc(Br)cc1. The number of fused-ring (bicyclic) bond motifs is 1. The Bertz CT molecular complexity index is 819. The molecule has 2 aromatic carbocycles. The summed E-state index contributed by atoms with van der Waals surface area (Å²) in [6, 6.07) is 12.9. The van der Waals surface area contributed by atoms with Gasteiger partial charge in [0.05, 0.1) is 13.2 Å². The van der Waals surface area contributed by atoms with Crippen molar-refractivity contribution in [3.63, 3.8) is 0 Å². The Morgan fingerprint density at radius 3 is 2.56 bits per heavy atom. The van der Waals surface area contributed by atoms with Crippen LogP contribution >= 0.6 is 15.9 Å². The van der Waals surface area contributed by atoms with E-state index in [0.717, 1.165) is 21.5 Å². The average Bonchev–Trinajstić information content (AvgIpc) is 2.62. The average molecular weight is 434 g/mol. The predicted octanol–water partition coefficient (Wildman–Crippen LogP) is 4.64. The highest BCUT2D eigenvalue weighted by Crippen LogP contribution is 2.41. The number of ether oxygens (including phenoxy) is 3. The summed E-state index contributed by atoms with van der Waals surface area (Å²) in [6.45, 7) is 5.77. The van der Waals surface area contributed by atoms with E-state index in [9.17, 15) is 4.79 Å². The number of benzene rings is 2. The number of halogens is 1. The van der Waals surface area contributed by atoms with Gasteiger partial charge in [-0.1, -0.05) is 15.9 Å². The zero-order chi connectivity index (χ0) is 19.6. The lowest BCUT2D eigenvalue weighted by Gasteiger charge is -2.38. The summed E-state index contributed by atoms with van der Waals surface area (Å²) in [5.74, 6) is 1.95. The van der Waals surface area contributed by atoms with Crippen LogP contribution in [0.5, 0.6) is 17.2 Å². The van der Waals surface area contributed by atoms with Gasteiger partial charge in [-0.3, -0.25) is 4.79 Å². The van der Waals surface area contributed by atoms with E-state index >= 15 is 0 Å². The number of methoxy groups -OCH3 is 1. The van der Waals surface area contributed by atoms with E-state index in [-0.39, 0.29) is 11.9 Å². The van der Waals surface area contributed by atoms with Gasteiger partial charge in [-0.15, -0.1) is 0 Å². The highest BCUT2D eigenvalue weighted by molar-refractivity contribution is 9.10. The van der Waals surface area contributed by atoms with E-state index in [1.165, 1.54) is 0 Å². The zero-order valence-electron chi connectivity index (χ0n) is 15.9. The summed E-state index contributed by atoms with van der Waals surface area (Å²) in [5.41, 5.74) is 0.548. The molecule has 0 aromatic heterocycles. The molecule has 5 nitrogen and oxygen atoms in total. The first-order valence-corrected chi connectivity index (χ1v) is 9.66. The zero-order valence-corrected chi connectivity index (χ0v) is 17.5. The van der Waals surface area contributed by atoms with E-state index in [2.05, 4.69) is 21.2 Å². The van der Waals surface area contributed by atoms with Crippen LogP contribution in [0.4, 0.5) is 0 Å². The number of rotatable bonds is 5. The Balaban J connectivity index is 1.74. The molecule has 6 heteroatoms. The fourth-order valence-corrected chi connectivity index (χ4v) is 3.41. The van der Waals surface area contributed by atoms with Gasteiger partial charge in [-0.05, 0) is 57.2 Å². The summed E-state index contributed by atoms with van der Waals surface area (Å²) in [4.78, 5) is 12.7. The van der Waals surface area contributed by atoms with Gasteiger partial charge in [0, 0.05) is 22.5 Å². The molecule has 0 aliphatic carbocycles. The minimum absolute atomic E-state index is 0.155. The number of carbonyl (C=O) groups is 1. The van der Waals surface area contributed by atoms with E-state index in [1.807, 2.05) is 56.3 Å². The first-order valence-electron chi connectivity index (χ1n) is 8.87. The number of nitrogens with one attached hydrogen (secondary N) is 1. The third kappa shape index (κ3) is 4.75. The molecule has 1 aliphatic rings. The number of carbonyl (C=O) groups excluding carboxylic acids is 1. The normalized spacial score (nSPS) is 18.6. The molecule has 0 saturated heterocycles. The van der Waals surface area contributed by atoms with Crippen LogP contribution < -0.4 is 19.5 Å². The van der Waals surface area contributed by atoms with Crippen molar-refractivity contribution in [3.8, 4) is 17.2 Å². The number of hydrogen-bond acceptors (Lipinski definition) is 4. The summed E-state index contributed by atoms with van der Waals surface area (Å²) >= 11 is 3.39. The standard InChI is InChI=1S/C21H24BrNO4/c1-13(26-15-7-5-14(22)6-8-15)20(24)23-18-12-21(2,3)27-19-11-16(25-4)9-10-17(18)19/h5-11,13,18H,12H2,1-4H3,(H,23,24)/t13-,18+/m1/s1. The lowest BCUT2D eigenvalue weighted by Crippen LogP contribution is -2.44. The van der Waals surface area contributed by atoms with Crippen molar-refractivity contribution in [2.45, 2.75) is 44.9 Å². The van der Waals surface area contributed by atoms with Crippen LogP contribution in [0, 0.1) is 0 Å². The van der Waals surface area contributed by atoms with Crippen LogP contribution in [-0.2, 0) is 4.79 Å². The van der Waals surface area contributed by atoms with E-state index < -0.39 is 11.7 Å². The molecule has 0 radical (unpaired) electrons. The highest BCUT2D eigenvalue weighted by atomic mass is 79.9. The molecule has 27 heavy (non-hydrogen) atoms. The Hall–Kier alpha value is -2.21. The van der Waals surface area contributed by atoms with Crippen LogP contribution in [0.15, 0.2) is 46.9 Å². The number of hydrogen-bond donors (Lipinski definition) is 1. The van der Waals surface area contributed by atoms with Crippen LogP contribution in [0.1, 0.15) is 38.8 Å². The molecule has 0 spiro atoms. The van der Waals surface area contributed by atoms with E-state index in [0.29, 0.717) is 12.2 Å². The van der Waals surface area contributed by atoms with Crippen molar-refractivity contribution in [2.75, 3.05) is 7.11 Å². The van der Waals surface area contributed by atoms with E-state index in [1.54, 1.807) is 14.0 Å². The molecule has 1 aliphatic heterocycles. The number of amides is 1. The lowest BCUT2D eigenvalue weighted by atomic mass is 9.89. The quantitative estimate of drug-likeness (QED) is 0.745. The monoisotopic (exact) mass is 433 g/mol. The molecule has 2 aromatic rings. The topological polar surface area (TPSA) is 56.8 Å². The Morgan fingerprint density at radius 2 is 1.89 bits per heavy atom. The summed E-state index contributed by atoms with van der Waals surface area (Å²) in [6.07, 6.45) is 0.0575. The Kier molecular flexibility index (Phi) is 5.65. The lowest BCUT2D eigenvalue weighted by molar-refractivity contribution is -0.128. The van der Waals surface area contributed by atoms with E-state index in [4.69, 9.17) is 14.2 Å². The Labute approximate surface area is 168 Å². The van der Waals surface area contributed by atoms with Crippen molar-refractivity contribution in [1.82, 2.24) is 5.32 Å². The fourth-order valence-electron chi connectivity index (χ4n) is 3.15. The van der Waals surface area contributed by atoms with Crippen LogP contribution in [-0.4, -0.2) is 24.7 Å². The maximum Gasteiger partial charge on any atom is 0.261 e. The van der Waals surface area contributed by atoms with Crippen molar-refractivity contribution in [3.05, 3.63) is 52.5 Å². The minimum Gasteiger partial charge on any atom is -0.497 e. The van der Waals surface area contributed by atoms with Crippen molar-refractivity contribution in [2.24, 2.45) is 0 Å². The second-order valence-corrected chi connectivity index (χ2v) is 8.16. The molecule has 144 valence electrons. The summed E-state index contributed by atoms with van der Waals surface area (Å²) in [5, 5.41) is 3.11. The van der Waals surface area contributed by atoms with Crippen molar-refractivity contribution < 1.29 is 19.0 Å². The second kappa shape index (κ2) is 7.80. The predicted molar refractivity (Wildman–Crippen MR) is 107 cm³/mol. The smallest absolute Gasteiger partial charge is 0.261 e. The largest absolute Gasteiger partial charge is 0.497 e. The van der Waals surface area contributed by atoms with Gasteiger partial charge in [0.2, 0.25) is 0 Å². The van der Waals surface area contributed by atoms with Gasteiger partial charge in [-0.2, -0.15) is 0 Å². The second-order valence-electron chi connectivity index (χ2n) is 7.24. The van der Waals surface area contributed by atoms with Crippen molar-refractivity contribution in [1.29, 1.82) is 0 Å². The highest BCUT2D eigenvalue weighted by Gasteiger charge is 2.35. The summed E-state index contributed by atoms with van der Waals surface area (Å²) in [7, 11) is 1.62. The van der Waals surface area contributed by atoms with Gasteiger partial charge >= 0.3 is 0 Å². The van der Waals surface area contributed by atoms with Gasteiger partial charge in [0.15, 0.2) is 6.10 Å². The molecular formula is C21H24BrNO4. The minimum atomic E-state index is -0.612. The summed E-state index contributed by atoms with van der Waals surface area (Å²) < 4.78 is 18.1. The molecular weight excluding hydrogens is 410 g/mol. The fraction of sp³-hybridized carbons (Fsp3) is 0.381. The maximum absolute atomic E-state index is 12.7. The first kappa shape index (κ1) is 19.5. The Morgan fingerprint density at radius 1 is 1.22 bits per heavy atom. The third-order valence-corrected chi connectivity index (χ3v) is 5.02. The molecule has 0 fully saturated rings. The molecule has 1 heterocycles. The molecule has 1 N–H and O–H groups in total. The molecule has 0 bridgehead atoms. The van der Waals surface area contributed by atoms with Gasteiger partial charge < -0.3 is 19.5 Å². The van der Waals surface area contributed by atoms with Gasteiger partial charge in [0.25, 0.3) is 5.91 Å². The maximum atomic E-state index is 12.7. The first-order chi connectivity index (χ1) is 12.8. The van der Waals surface area contributed by atoms with Crippen LogP contribution in [0.3, 0.4) is 0 Å². The molecule has 2 atom stereocenters. The molecule has 0 saturated carbocycles. The third-order valence-electron chi connectivity index (χ3n) is 4.49. The van der Waals surface area contributed by atoms with Crippen LogP contribution in [0.2, 0.25) is 0 Å². The molecule has 3 rings (SSSR count). The van der Waals surface area contributed by atoms with Gasteiger partial charge in [-0.25, -0.2) is 0 Å². The molecule has 1 amide bonds. The van der Waals surface area contributed by atoms with Gasteiger partial charge in [0.1, 0.15) is 22.8 Å². The van der Waals surface area contributed by atoms with Crippen LogP contribution in [0.25, 0.3) is 0 Å². The van der Waals surface area contributed by atoms with Crippen molar-refractivity contribution >= 4 is 21.8 Å².